The van der Waals surface area contributed by atoms with Crippen LogP contribution in [0.2, 0.25) is 0 Å². The molecule has 1 rings (SSSR count). The van der Waals surface area contributed by atoms with E-state index in [1.54, 1.807) is 6.92 Å². The number of hydrogen-bond donors (Lipinski definition) is 2. The Labute approximate surface area is 89.8 Å². The van der Waals surface area contributed by atoms with Crippen LogP contribution in [0.3, 0.4) is 0 Å². The lowest BCUT2D eigenvalue weighted by Gasteiger charge is -2.26. The monoisotopic (exact) mass is 217 g/mol. The van der Waals surface area contributed by atoms with Crippen molar-refractivity contribution in [3.8, 4) is 0 Å². The summed E-state index contributed by atoms with van der Waals surface area (Å²) in [6.45, 7) is 5.56. The van der Waals surface area contributed by atoms with Crippen LogP contribution in [0.4, 0.5) is 0 Å². The molecule has 2 atom stereocenters. The highest BCUT2D eigenvalue weighted by Gasteiger charge is 2.33. The maximum absolute atomic E-state index is 11.0. The van der Waals surface area contributed by atoms with Crippen molar-refractivity contribution in [2.45, 2.75) is 31.9 Å². The third kappa shape index (κ3) is 3.44. The van der Waals surface area contributed by atoms with Crippen molar-refractivity contribution < 1.29 is 19.4 Å². The number of aliphatic carboxylic acids is 1. The molecule has 1 aliphatic rings. The van der Waals surface area contributed by atoms with Crippen LogP contribution in [0, 0.1) is 0 Å². The van der Waals surface area contributed by atoms with Crippen LogP contribution in [-0.4, -0.2) is 49.1 Å². The van der Waals surface area contributed by atoms with E-state index in [0.29, 0.717) is 19.8 Å². The zero-order valence-corrected chi connectivity index (χ0v) is 9.28. The SMILES string of the molecule is CCNC(C)(COC1CCOC1)C(=O)O. The van der Waals surface area contributed by atoms with Gasteiger partial charge in [0.2, 0.25) is 0 Å². The standard InChI is InChI=1S/C10H19NO4/c1-3-11-10(2,9(12)13)7-15-8-4-5-14-6-8/h8,11H,3-7H2,1-2H3,(H,12,13). The lowest BCUT2D eigenvalue weighted by atomic mass is 10.0. The molecule has 0 aromatic heterocycles. The number of nitrogens with one attached hydrogen (secondary N) is 1. The predicted molar refractivity (Wildman–Crippen MR) is 54.9 cm³/mol. The molecule has 0 aromatic rings. The summed E-state index contributed by atoms with van der Waals surface area (Å²) in [4.78, 5) is 11.0. The molecule has 0 radical (unpaired) electrons. The quantitative estimate of drug-likeness (QED) is 0.667. The van der Waals surface area contributed by atoms with Gasteiger partial charge >= 0.3 is 5.97 Å². The number of ether oxygens (including phenoxy) is 2. The molecule has 2 N–H and O–H groups in total. The highest BCUT2D eigenvalue weighted by Crippen LogP contribution is 2.12. The Bertz CT molecular complexity index is 215. The third-order valence-corrected chi connectivity index (χ3v) is 2.53. The van der Waals surface area contributed by atoms with Crippen molar-refractivity contribution in [3.05, 3.63) is 0 Å². The second-order valence-corrected chi connectivity index (χ2v) is 3.96. The second kappa shape index (κ2) is 5.44. The molecule has 5 heteroatoms. The van der Waals surface area contributed by atoms with Crippen molar-refractivity contribution in [1.82, 2.24) is 5.32 Å². The molecule has 88 valence electrons. The van der Waals surface area contributed by atoms with Crippen LogP contribution >= 0.6 is 0 Å². The summed E-state index contributed by atoms with van der Waals surface area (Å²) < 4.78 is 10.7. The highest BCUT2D eigenvalue weighted by molar-refractivity contribution is 5.78. The first-order chi connectivity index (χ1) is 7.08. The first kappa shape index (κ1) is 12.4. The molecule has 1 aliphatic heterocycles. The average molecular weight is 217 g/mol. The molecule has 15 heavy (non-hydrogen) atoms. The number of hydrogen-bond acceptors (Lipinski definition) is 4. The third-order valence-electron chi connectivity index (χ3n) is 2.53. The fourth-order valence-electron chi connectivity index (χ4n) is 1.51. The largest absolute Gasteiger partial charge is 0.480 e. The topological polar surface area (TPSA) is 67.8 Å². The van der Waals surface area contributed by atoms with Gasteiger partial charge in [-0.2, -0.15) is 0 Å². The van der Waals surface area contributed by atoms with E-state index < -0.39 is 11.5 Å². The van der Waals surface area contributed by atoms with Crippen molar-refractivity contribution >= 4 is 5.97 Å². The molecule has 1 heterocycles. The van der Waals surface area contributed by atoms with Crippen molar-refractivity contribution in [1.29, 1.82) is 0 Å². The highest BCUT2D eigenvalue weighted by atomic mass is 16.5. The number of rotatable bonds is 6. The summed E-state index contributed by atoms with van der Waals surface area (Å²) in [5, 5.41) is 12.0. The van der Waals surface area contributed by atoms with Gasteiger partial charge in [0.15, 0.2) is 0 Å². The fraction of sp³-hybridized carbons (Fsp3) is 0.900. The molecule has 0 amide bonds. The molecule has 5 nitrogen and oxygen atoms in total. The van der Waals surface area contributed by atoms with E-state index in [2.05, 4.69) is 5.32 Å². The molecule has 2 unspecified atom stereocenters. The zero-order valence-electron chi connectivity index (χ0n) is 9.28. The normalized spacial score (nSPS) is 25.1. The Morgan fingerprint density at radius 2 is 2.47 bits per heavy atom. The summed E-state index contributed by atoms with van der Waals surface area (Å²) in [6, 6.07) is 0. The smallest absolute Gasteiger partial charge is 0.326 e. The molecule has 0 aliphatic carbocycles. The first-order valence-corrected chi connectivity index (χ1v) is 5.26. The lowest BCUT2D eigenvalue weighted by molar-refractivity contribution is -0.147. The van der Waals surface area contributed by atoms with Gasteiger partial charge in [-0.3, -0.25) is 4.79 Å². The van der Waals surface area contributed by atoms with E-state index in [-0.39, 0.29) is 12.7 Å². The van der Waals surface area contributed by atoms with Crippen LogP contribution in [0.5, 0.6) is 0 Å². The van der Waals surface area contributed by atoms with Crippen molar-refractivity contribution in [2.24, 2.45) is 0 Å². The van der Waals surface area contributed by atoms with Gasteiger partial charge in [0.05, 0.1) is 19.3 Å². The van der Waals surface area contributed by atoms with Gasteiger partial charge in [-0.25, -0.2) is 0 Å². The Kier molecular flexibility index (Phi) is 4.50. The Hall–Kier alpha value is -0.650. The molecule has 1 fully saturated rings. The summed E-state index contributed by atoms with van der Waals surface area (Å²) in [6.07, 6.45) is 0.893. The van der Waals surface area contributed by atoms with Crippen LogP contribution in [-0.2, 0) is 14.3 Å². The molecule has 1 saturated heterocycles. The second-order valence-electron chi connectivity index (χ2n) is 3.96. The van der Waals surface area contributed by atoms with E-state index in [4.69, 9.17) is 14.6 Å². The summed E-state index contributed by atoms with van der Waals surface area (Å²) in [5.74, 6) is -0.886. The number of carbonyl (C=O) groups is 1. The van der Waals surface area contributed by atoms with E-state index in [9.17, 15) is 4.79 Å². The van der Waals surface area contributed by atoms with Crippen molar-refractivity contribution in [2.75, 3.05) is 26.4 Å². The van der Waals surface area contributed by atoms with Gasteiger partial charge in [0.1, 0.15) is 5.54 Å². The van der Waals surface area contributed by atoms with Crippen LogP contribution in [0.1, 0.15) is 20.3 Å². The van der Waals surface area contributed by atoms with Gasteiger partial charge in [0, 0.05) is 6.61 Å². The predicted octanol–water partition coefficient (Wildman–Crippen LogP) is 0.245. The molecular formula is C10H19NO4. The minimum absolute atomic E-state index is 0.0438. The maximum atomic E-state index is 11.0. The molecule has 0 spiro atoms. The van der Waals surface area contributed by atoms with E-state index >= 15 is 0 Å². The fourth-order valence-corrected chi connectivity index (χ4v) is 1.51. The minimum atomic E-state index is -1.00. The molecular weight excluding hydrogens is 198 g/mol. The van der Waals surface area contributed by atoms with Crippen LogP contribution < -0.4 is 5.32 Å². The van der Waals surface area contributed by atoms with E-state index in [1.165, 1.54) is 0 Å². The Morgan fingerprint density at radius 3 is 2.93 bits per heavy atom. The average Bonchev–Trinajstić information content (AvgIpc) is 2.67. The van der Waals surface area contributed by atoms with Gasteiger partial charge in [-0.15, -0.1) is 0 Å². The summed E-state index contributed by atoms with van der Waals surface area (Å²) in [5.41, 5.74) is -1.00. The van der Waals surface area contributed by atoms with E-state index in [1.807, 2.05) is 6.92 Å². The lowest BCUT2D eigenvalue weighted by Crippen LogP contribution is -2.53. The van der Waals surface area contributed by atoms with Gasteiger partial charge in [-0.05, 0) is 19.9 Å². The summed E-state index contributed by atoms with van der Waals surface area (Å²) >= 11 is 0. The van der Waals surface area contributed by atoms with Crippen molar-refractivity contribution in [3.63, 3.8) is 0 Å². The molecule has 0 bridgehead atoms. The molecule has 0 aromatic carbocycles. The Morgan fingerprint density at radius 1 is 1.73 bits per heavy atom. The zero-order chi connectivity index (χ0) is 11.3. The van der Waals surface area contributed by atoms with E-state index in [0.717, 1.165) is 6.42 Å². The van der Waals surface area contributed by atoms with Crippen LogP contribution in [0.25, 0.3) is 0 Å². The van der Waals surface area contributed by atoms with Crippen LogP contribution in [0.15, 0.2) is 0 Å². The molecule has 0 saturated carbocycles. The number of carboxylic acid groups (broad SMARTS) is 1. The van der Waals surface area contributed by atoms with Gasteiger partial charge in [0.25, 0.3) is 0 Å². The van der Waals surface area contributed by atoms with Gasteiger partial charge < -0.3 is 19.9 Å². The first-order valence-electron chi connectivity index (χ1n) is 5.26. The summed E-state index contributed by atoms with van der Waals surface area (Å²) in [7, 11) is 0. The minimum Gasteiger partial charge on any atom is -0.480 e. The number of carboxylic acids is 1. The number of likely N-dealkylation sites (N-methyl/N-ethyl adjacent to an activating group) is 1. The van der Waals surface area contributed by atoms with Gasteiger partial charge in [-0.1, -0.05) is 6.92 Å². The maximum Gasteiger partial charge on any atom is 0.326 e. The Balaban J connectivity index is 2.40.